The van der Waals surface area contributed by atoms with Crippen molar-refractivity contribution in [3.05, 3.63) is 0 Å². The molecule has 0 aromatic carbocycles. The van der Waals surface area contributed by atoms with Crippen LogP contribution in [0.5, 0.6) is 0 Å². The smallest absolute Gasteiger partial charge is 0.309 e. The molecule has 4 nitrogen and oxygen atoms in total. The molecule has 100 valence electrons. The van der Waals surface area contributed by atoms with Crippen LogP contribution in [0, 0.1) is 5.41 Å². The molecule has 0 aromatic heterocycles. The molecular weight excluding hydrogens is 216 g/mol. The van der Waals surface area contributed by atoms with E-state index in [2.05, 4.69) is 23.9 Å². The molecule has 0 aliphatic carbocycles. The van der Waals surface area contributed by atoms with E-state index in [1.165, 1.54) is 12.8 Å². The van der Waals surface area contributed by atoms with Crippen molar-refractivity contribution in [2.24, 2.45) is 5.41 Å². The highest BCUT2D eigenvalue weighted by Gasteiger charge is 2.30. The summed E-state index contributed by atoms with van der Waals surface area (Å²) in [4.78, 5) is 15.7. The lowest BCUT2D eigenvalue weighted by Gasteiger charge is -2.29. The molecule has 1 rings (SSSR count). The van der Waals surface area contributed by atoms with Gasteiger partial charge in [0, 0.05) is 12.6 Å². The summed E-state index contributed by atoms with van der Waals surface area (Å²) in [6.45, 7) is 6.72. The van der Waals surface area contributed by atoms with Crippen molar-refractivity contribution in [3.8, 4) is 0 Å². The summed E-state index contributed by atoms with van der Waals surface area (Å²) >= 11 is 0. The molecule has 1 aliphatic heterocycles. The molecule has 1 heterocycles. The third kappa shape index (κ3) is 4.28. The quantitative estimate of drug-likeness (QED) is 0.767. The van der Waals surface area contributed by atoms with E-state index in [1.54, 1.807) is 0 Å². The number of carboxylic acid groups (broad SMARTS) is 1. The number of likely N-dealkylation sites (tertiary alicyclic amines) is 1. The van der Waals surface area contributed by atoms with Crippen molar-refractivity contribution in [1.82, 2.24) is 9.80 Å². The fourth-order valence-corrected chi connectivity index (χ4v) is 2.35. The lowest BCUT2D eigenvalue weighted by molar-refractivity contribution is -0.147. The predicted octanol–water partition coefficient (Wildman–Crippen LogP) is 1.51. The topological polar surface area (TPSA) is 43.8 Å². The molecule has 1 unspecified atom stereocenters. The van der Waals surface area contributed by atoms with Gasteiger partial charge < -0.3 is 10.0 Å². The molecule has 1 atom stereocenters. The molecule has 0 bridgehead atoms. The van der Waals surface area contributed by atoms with Crippen molar-refractivity contribution >= 4 is 5.97 Å². The van der Waals surface area contributed by atoms with Gasteiger partial charge in [-0.25, -0.2) is 0 Å². The van der Waals surface area contributed by atoms with Crippen LogP contribution in [0.1, 0.15) is 33.1 Å². The van der Waals surface area contributed by atoms with Gasteiger partial charge in [-0.3, -0.25) is 9.69 Å². The Hall–Kier alpha value is -0.610. The van der Waals surface area contributed by atoms with Gasteiger partial charge in [0.2, 0.25) is 0 Å². The minimum atomic E-state index is -0.694. The van der Waals surface area contributed by atoms with E-state index in [0.717, 1.165) is 26.1 Å². The first-order chi connectivity index (χ1) is 7.83. The molecule has 0 spiro atoms. The Balaban J connectivity index is 2.43. The van der Waals surface area contributed by atoms with E-state index < -0.39 is 11.4 Å². The molecule has 17 heavy (non-hydrogen) atoms. The number of likely N-dealkylation sites (N-methyl/N-ethyl adjacent to an activating group) is 1. The zero-order chi connectivity index (χ0) is 13.1. The number of carboxylic acids is 1. The van der Waals surface area contributed by atoms with E-state index >= 15 is 0 Å². The number of rotatable bonds is 6. The Morgan fingerprint density at radius 2 is 2.12 bits per heavy atom. The molecule has 1 aliphatic rings. The third-order valence-electron chi connectivity index (χ3n) is 3.68. The van der Waals surface area contributed by atoms with E-state index in [4.69, 9.17) is 5.11 Å². The third-order valence-corrected chi connectivity index (χ3v) is 3.68. The molecule has 1 saturated heterocycles. The Morgan fingerprint density at radius 3 is 2.65 bits per heavy atom. The molecule has 1 fully saturated rings. The zero-order valence-electron chi connectivity index (χ0n) is 11.6. The maximum atomic E-state index is 11.1. The predicted molar refractivity (Wildman–Crippen MR) is 69.2 cm³/mol. The minimum Gasteiger partial charge on any atom is -0.481 e. The number of nitrogens with zero attached hydrogens (tertiary/aromatic N) is 2. The summed E-state index contributed by atoms with van der Waals surface area (Å²) in [7, 11) is 4.19. The zero-order valence-corrected chi connectivity index (χ0v) is 11.6. The molecule has 0 amide bonds. The Bertz CT molecular complexity index is 264. The van der Waals surface area contributed by atoms with Gasteiger partial charge in [0.15, 0.2) is 0 Å². The summed E-state index contributed by atoms with van der Waals surface area (Å²) in [6.07, 6.45) is 3.21. The van der Waals surface area contributed by atoms with E-state index in [1.807, 2.05) is 13.8 Å². The highest BCUT2D eigenvalue weighted by molar-refractivity contribution is 5.73. The minimum absolute atomic E-state index is 0.606. The standard InChI is InChI=1S/C13H26N2O2/c1-13(2,12(16)17)7-9-15-8-5-6-11(15)10-14(3)4/h11H,5-10H2,1-4H3,(H,16,17). The fourth-order valence-electron chi connectivity index (χ4n) is 2.35. The van der Waals surface area contributed by atoms with Crippen molar-refractivity contribution in [3.63, 3.8) is 0 Å². The van der Waals surface area contributed by atoms with Crippen LogP contribution in [-0.4, -0.2) is 60.6 Å². The molecular formula is C13H26N2O2. The van der Waals surface area contributed by atoms with Gasteiger partial charge >= 0.3 is 5.97 Å². The first-order valence-corrected chi connectivity index (χ1v) is 6.45. The van der Waals surface area contributed by atoms with Crippen molar-refractivity contribution in [1.29, 1.82) is 0 Å². The van der Waals surface area contributed by atoms with Crippen LogP contribution in [0.4, 0.5) is 0 Å². The van der Waals surface area contributed by atoms with Crippen molar-refractivity contribution in [2.45, 2.75) is 39.2 Å². The summed E-state index contributed by atoms with van der Waals surface area (Å²) in [5.41, 5.74) is -0.606. The summed E-state index contributed by atoms with van der Waals surface area (Å²) in [5.74, 6) is -0.694. The van der Waals surface area contributed by atoms with E-state index in [0.29, 0.717) is 6.04 Å². The SMILES string of the molecule is CN(C)CC1CCCN1CCC(C)(C)C(=O)O. The highest BCUT2D eigenvalue weighted by atomic mass is 16.4. The molecule has 0 radical (unpaired) electrons. The highest BCUT2D eigenvalue weighted by Crippen LogP contribution is 2.24. The van der Waals surface area contributed by atoms with Crippen LogP contribution in [0.15, 0.2) is 0 Å². The van der Waals surface area contributed by atoms with Gasteiger partial charge in [-0.15, -0.1) is 0 Å². The van der Waals surface area contributed by atoms with Gasteiger partial charge in [-0.2, -0.15) is 0 Å². The second-order valence-corrected chi connectivity index (χ2v) is 6.03. The van der Waals surface area contributed by atoms with Crippen LogP contribution in [0.25, 0.3) is 0 Å². The van der Waals surface area contributed by atoms with Gasteiger partial charge in [0.25, 0.3) is 0 Å². The summed E-state index contributed by atoms with van der Waals surface area (Å²) in [5, 5.41) is 9.10. The summed E-state index contributed by atoms with van der Waals surface area (Å²) < 4.78 is 0. The van der Waals surface area contributed by atoms with Crippen LogP contribution >= 0.6 is 0 Å². The number of hydrogen-bond acceptors (Lipinski definition) is 3. The molecule has 1 N–H and O–H groups in total. The normalized spacial score (nSPS) is 22.3. The number of carbonyl (C=O) groups is 1. The number of aliphatic carboxylic acids is 1. The second kappa shape index (κ2) is 5.83. The Morgan fingerprint density at radius 1 is 1.47 bits per heavy atom. The number of hydrogen-bond donors (Lipinski definition) is 1. The second-order valence-electron chi connectivity index (χ2n) is 6.03. The molecule has 0 aromatic rings. The van der Waals surface area contributed by atoms with Gasteiger partial charge in [-0.1, -0.05) is 0 Å². The van der Waals surface area contributed by atoms with E-state index in [9.17, 15) is 4.79 Å². The average molecular weight is 242 g/mol. The van der Waals surface area contributed by atoms with Crippen LogP contribution in [0.2, 0.25) is 0 Å². The van der Waals surface area contributed by atoms with Gasteiger partial charge in [-0.05, 0) is 60.3 Å². The average Bonchev–Trinajstić information content (AvgIpc) is 2.61. The first-order valence-electron chi connectivity index (χ1n) is 6.45. The lowest BCUT2D eigenvalue weighted by Crippen LogP contribution is -2.40. The van der Waals surface area contributed by atoms with Crippen molar-refractivity contribution in [2.75, 3.05) is 33.7 Å². The van der Waals surface area contributed by atoms with Crippen LogP contribution in [0.3, 0.4) is 0 Å². The summed E-state index contributed by atoms with van der Waals surface area (Å²) in [6, 6.07) is 0.606. The monoisotopic (exact) mass is 242 g/mol. The fraction of sp³-hybridized carbons (Fsp3) is 0.923. The molecule has 0 saturated carbocycles. The van der Waals surface area contributed by atoms with Gasteiger partial charge in [0.1, 0.15) is 0 Å². The maximum absolute atomic E-state index is 11.1. The maximum Gasteiger partial charge on any atom is 0.309 e. The molecule has 4 heteroatoms. The van der Waals surface area contributed by atoms with Crippen molar-refractivity contribution < 1.29 is 9.90 Å². The Labute approximate surface area is 105 Å². The van der Waals surface area contributed by atoms with Gasteiger partial charge in [0.05, 0.1) is 5.41 Å². The lowest BCUT2D eigenvalue weighted by atomic mass is 9.89. The van der Waals surface area contributed by atoms with Crippen LogP contribution < -0.4 is 0 Å². The van der Waals surface area contributed by atoms with Crippen LogP contribution in [-0.2, 0) is 4.79 Å². The Kier molecular flexibility index (Phi) is 4.95. The van der Waals surface area contributed by atoms with E-state index in [-0.39, 0.29) is 0 Å². The first kappa shape index (κ1) is 14.5. The largest absolute Gasteiger partial charge is 0.481 e.